The third-order valence-corrected chi connectivity index (χ3v) is 3.66. The average molecular weight is 271 g/mol. The quantitative estimate of drug-likeness (QED) is 0.853. The zero-order chi connectivity index (χ0) is 15.0. The maximum atomic E-state index is 12.4. The van der Waals surface area contributed by atoms with Crippen molar-refractivity contribution < 1.29 is 19.4 Å². The molecule has 0 aromatic heterocycles. The monoisotopic (exact) mass is 271 g/mol. The zero-order valence-electron chi connectivity index (χ0n) is 12.6. The first kappa shape index (κ1) is 16.0. The molecule has 1 aliphatic heterocycles. The SMILES string of the molecule is CC(C)[C@H]1COC(=O)N1C(=O)[C@H](C)[C@H](O)C(C)(C)C. The van der Waals surface area contributed by atoms with Gasteiger partial charge in [-0.2, -0.15) is 0 Å². The second-order valence-electron chi connectivity index (χ2n) is 6.70. The van der Waals surface area contributed by atoms with Gasteiger partial charge in [0.15, 0.2) is 0 Å². The molecule has 0 aromatic carbocycles. The van der Waals surface area contributed by atoms with Crippen LogP contribution in [0, 0.1) is 17.3 Å². The van der Waals surface area contributed by atoms with Crippen molar-refractivity contribution in [2.75, 3.05) is 6.61 Å². The van der Waals surface area contributed by atoms with Gasteiger partial charge in [-0.25, -0.2) is 9.69 Å². The molecular formula is C14H25NO4. The summed E-state index contributed by atoms with van der Waals surface area (Å²) in [5.41, 5.74) is -0.411. The molecular weight excluding hydrogens is 246 g/mol. The zero-order valence-corrected chi connectivity index (χ0v) is 12.6. The van der Waals surface area contributed by atoms with Crippen molar-refractivity contribution in [2.24, 2.45) is 17.3 Å². The lowest BCUT2D eigenvalue weighted by Crippen LogP contribution is -2.49. The number of aliphatic hydroxyl groups is 1. The summed E-state index contributed by atoms with van der Waals surface area (Å²) in [6.45, 7) is 11.4. The van der Waals surface area contributed by atoms with Crippen LogP contribution in [0.15, 0.2) is 0 Å². The summed E-state index contributed by atoms with van der Waals surface area (Å²) in [4.78, 5) is 25.3. The number of imide groups is 1. The minimum absolute atomic E-state index is 0.134. The van der Waals surface area contributed by atoms with Crippen LogP contribution in [0.4, 0.5) is 4.79 Å². The minimum atomic E-state index is -0.804. The van der Waals surface area contributed by atoms with Crippen molar-refractivity contribution in [3.63, 3.8) is 0 Å². The van der Waals surface area contributed by atoms with Crippen LogP contribution in [0.2, 0.25) is 0 Å². The number of carbonyl (C=O) groups excluding carboxylic acids is 2. The van der Waals surface area contributed by atoms with Gasteiger partial charge in [-0.1, -0.05) is 41.5 Å². The van der Waals surface area contributed by atoms with E-state index in [-0.39, 0.29) is 24.5 Å². The number of amides is 2. The van der Waals surface area contributed by atoms with E-state index in [9.17, 15) is 14.7 Å². The Hall–Kier alpha value is -1.10. The van der Waals surface area contributed by atoms with E-state index in [4.69, 9.17) is 4.74 Å². The van der Waals surface area contributed by atoms with Crippen molar-refractivity contribution in [1.29, 1.82) is 0 Å². The summed E-state index contributed by atoms with van der Waals surface area (Å²) in [6, 6.07) is -0.241. The van der Waals surface area contributed by atoms with Crippen LogP contribution in [0.25, 0.3) is 0 Å². The normalized spacial score (nSPS) is 23.5. The van der Waals surface area contributed by atoms with Gasteiger partial charge in [-0.15, -0.1) is 0 Å². The Kier molecular flexibility index (Phi) is 4.61. The highest BCUT2D eigenvalue weighted by Crippen LogP contribution is 2.29. The van der Waals surface area contributed by atoms with Crippen LogP contribution in [-0.2, 0) is 9.53 Å². The van der Waals surface area contributed by atoms with Crippen LogP contribution in [0.5, 0.6) is 0 Å². The molecule has 5 nitrogen and oxygen atoms in total. The summed E-state index contributed by atoms with van der Waals surface area (Å²) in [5.74, 6) is -0.857. The van der Waals surface area contributed by atoms with E-state index >= 15 is 0 Å². The van der Waals surface area contributed by atoms with E-state index in [1.54, 1.807) is 6.92 Å². The van der Waals surface area contributed by atoms with E-state index in [1.807, 2.05) is 34.6 Å². The molecule has 0 spiro atoms. The number of rotatable bonds is 3. The number of aliphatic hydroxyl groups excluding tert-OH is 1. The lowest BCUT2D eigenvalue weighted by atomic mass is 9.81. The average Bonchev–Trinajstić information content (AvgIpc) is 2.67. The van der Waals surface area contributed by atoms with Crippen molar-refractivity contribution in [3.05, 3.63) is 0 Å². The van der Waals surface area contributed by atoms with Gasteiger partial charge >= 0.3 is 6.09 Å². The lowest BCUT2D eigenvalue weighted by molar-refractivity contribution is -0.139. The van der Waals surface area contributed by atoms with Crippen LogP contribution < -0.4 is 0 Å². The molecule has 2 amide bonds. The Labute approximate surface area is 114 Å². The molecule has 0 unspecified atom stereocenters. The Morgan fingerprint density at radius 2 is 1.89 bits per heavy atom. The molecule has 0 saturated carbocycles. The molecule has 0 bridgehead atoms. The van der Waals surface area contributed by atoms with Gasteiger partial charge in [-0.05, 0) is 11.3 Å². The van der Waals surface area contributed by atoms with Crippen molar-refractivity contribution in [2.45, 2.75) is 53.7 Å². The van der Waals surface area contributed by atoms with Crippen LogP contribution in [0.1, 0.15) is 41.5 Å². The molecule has 19 heavy (non-hydrogen) atoms. The van der Waals surface area contributed by atoms with Gasteiger partial charge < -0.3 is 9.84 Å². The van der Waals surface area contributed by atoms with Crippen molar-refractivity contribution in [1.82, 2.24) is 4.90 Å². The first-order chi connectivity index (χ1) is 8.57. The van der Waals surface area contributed by atoms with E-state index in [0.29, 0.717) is 0 Å². The number of hydrogen-bond acceptors (Lipinski definition) is 4. The Morgan fingerprint density at radius 3 is 2.32 bits per heavy atom. The van der Waals surface area contributed by atoms with Crippen LogP contribution in [0.3, 0.4) is 0 Å². The van der Waals surface area contributed by atoms with Gasteiger partial charge in [0.1, 0.15) is 6.61 Å². The Bertz CT molecular complexity index is 359. The summed E-state index contributed by atoms with van der Waals surface area (Å²) in [5, 5.41) is 10.2. The topological polar surface area (TPSA) is 66.8 Å². The largest absolute Gasteiger partial charge is 0.447 e. The predicted molar refractivity (Wildman–Crippen MR) is 71.4 cm³/mol. The van der Waals surface area contributed by atoms with E-state index < -0.39 is 23.5 Å². The van der Waals surface area contributed by atoms with Gasteiger partial charge in [0, 0.05) is 0 Å². The fourth-order valence-corrected chi connectivity index (χ4v) is 2.28. The molecule has 1 aliphatic rings. The third kappa shape index (κ3) is 3.26. The van der Waals surface area contributed by atoms with Crippen molar-refractivity contribution in [3.8, 4) is 0 Å². The molecule has 1 heterocycles. The first-order valence-corrected chi connectivity index (χ1v) is 6.75. The number of hydrogen-bond donors (Lipinski definition) is 1. The summed E-state index contributed by atoms with van der Waals surface area (Å²) in [6.07, 6.45) is -1.40. The Balaban J connectivity index is 2.89. The van der Waals surface area contributed by atoms with E-state index in [1.165, 1.54) is 4.90 Å². The maximum absolute atomic E-state index is 12.4. The molecule has 1 rings (SSSR count). The molecule has 0 aliphatic carbocycles. The predicted octanol–water partition coefficient (Wildman–Crippen LogP) is 2.03. The smallest absolute Gasteiger partial charge is 0.416 e. The summed E-state index contributed by atoms with van der Waals surface area (Å²) < 4.78 is 4.96. The molecule has 0 radical (unpaired) electrons. The third-order valence-electron chi connectivity index (χ3n) is 3.66. The summed E-state index contributed by atoms with van der Waals surface area (Å²) >= 11 is 0. The van der Waals surface area contributed by atoms with Crippen LogP contribution >= 0.6 is 0 Å². The highest BCUT2D eigenvalue weighted by atomic mass is 16.6. The fraction of sp³-hybridized carbons (Fsp3) is 0.857. The molecule has 1 saturated heterocycles. The van der Waals surface area contributed by atoms with Crippen molar-refractivity contribution >= 4 is 12.0 Å². The first-order valence-electron chi connectivity index (χ1n) is 6.75. The number of nitrogens with zero attached hydrogens (tertiary/aromatic N) is 1. The highest BCUT2D eigenvalue weighted by Gasteiger charge is 2.44. The second-order valence-corrected chi connectivity index (χ2v) is 6.70. The highest BCUT2D eigenvalue weighted by molar-refractivity contribution is 5.95. The standard InChI is InChI=1S/C14H25NO4/c1-8(2)10-7-19-13(18)15(10)12(17)9(3)11(16)14(4,5)6/h8-11,16H,7H2,1-6H3/t9-,10-,11+/m1/s1. The minimum Gasteiger partial charge on any atom is -0.447 e. The molecule has 1 fully saturated rings. The summed E-state index contributed by atoms with van der Waals surface area (Å²) in [7, 11) is 0. The van der Waals surface area contributed by atoms with Gasteiger partial charge in [0.05, 0.1) is 18.1 Å². The van der Waals surface area contributed by atoms with Gasteiger partial charge in [-0.3, -0.25) is 4.79 Å². The number of carbonyl (C=O) groups is 2. The molecule has 3 atom stereocenters. The Morgan fingerprint density at radius 1 is 1.37 bits per heavy atom. The molecule has 110 valence electrons. The van der Waals surface area contributed by atoms with E-state index in [2.05, 4.69) is 0 Å². The second kappa shape index (κ2) is 5.49. The molecule has 0 aromatic rings. The number of ether oxygens (including phenoxy) is 1. The van der Waals surface area contributed by atoms with Crippen LogP contribution in [-0.4, -0.2) is 40.8 Å². The molecule has 1 N–H and O–H groups in total. The fourth-order valence-electron chi connectivity index (χ4n) is 2.28. The van der Waals surface area contributed by atoms with Gasteiger partial charge in [0.25, 0.3) is 0 Å². The maximum Gasteiger partial charge on any atom is 0.416 e. The molecule has 5 heteroatoms. The van der Waals surface area contributed by atoms with Gasteiger partial charge in [0.2, 0.25) is 5.91 Å². The lowest BCUT2D eigenvalue weighted by Gasteiger charge is -2.33. The number of cyclic esters (lactones) is 1. The van der Waals surface area contributed by atoms with E-state index in [0.717, 1.165) is 0 Å².